The van der Waals surface area contributed by atoms with Crippen molar-refractivity contribution >= 4 is 35.7 Å². The van der Waals surface area contributed by atoms with Gasteiger partial charge in [0.25, 0.3) is 0 Å². The summed E-state index contributed by atoms with van der Waals surface area (Å²) in [6, 6.07) is 9.72. The molecule has 0 aliphatic rings. The summed E-state index contributed by atoms with van der Waals surface area (Å²) >= 11 is 0. The van der Waals surface area contributed by atoms with E-state index >= 15 is 0 Å². The van der Waals surface area contributed by atoms with Gasteiger partial charge in [-0.15, -0.1) is 0 Å². The molecule has 0 saturated heterocycles. The van der Waals surface area contributed by atoms with E-state index in [1.807, 2.05) is 0 Å². The maximum Gasteiger partial charge on any atom is 0.240 e. The predicted molar refractivity (Wildman–Crippen MR) is 94.9 cm³/mol. The summed E-state index contributed by atoms with van der Waals surface area (Å²) in [4.78, 5) is 59.0. The van der Waals surface area contributed by atoms with Gasteiger partial charge in [0.2, 0.25) is 30.0 Å². The molecule has 0 aromatic heterocycles. The summed E-state index contributed by atoms with van der Waals surface area (Å²) in [5, 5.41) is 0. The van der Waals surface area contributed by atoms with Crippen LogP contribution in [-0.2, 0) is 24.8 Å². The second-order valence-electron chi connectivity index (χ2n) is 5.41. The Bertz CT molecular complexity index is 1050. The van der Waals surface area contributed by atoms with Crippen LogP contribution in [0.3, 0.4) is 0 Å². The number of aryl methyl sites for hydroxylation is 1. The first-order valence-electron chi connectivity index (χ1n) is 7.59. The van der Waals surface area contributed by atoms with E-state index in [1.165, 1.54) is 24.3 Å². The summed E-state index contributed by atoms with van der Waals surface area (Å²) in [6.45, 7) is 3.37. The van der Waals surface area contributed by atoms with Gasteiger partial charge < -0.3 is 0 Å². The zero-order valence-electron chi connectivity index (χ0n) is 14.4. The molecule has 2 rings (SSSR count). The van der Waals surface area contributed by atoms with Gasteiger partial charge in [-0.25, -0.2) is 19.2 Å². The Kier molecular flexibility index (Phi) is 5.98. The van der Waals surface area contributed by atoms with Gasteiger partial charge in [0.1, 0.15) is 11.4 Å². The van der Waals surface area contributed by atoms with Gasteiger partial charge in [0, 0.05) is 11.1 Å². The third-order valence-corrected chi connectivity index (χ3v) is 4.07. The Morgan fingerprint density at radius 2 is 1.33 bits per heavy atom. The molecule has 0 heterocycles. The number of hydrogen-bond acceptors (Lipinski definition) is 8. The van der Waals surface area contributed by atoms with Crippen LogP contribution in [0.4, 0.5) is 11.4 Å². The van der Waals surface area contributed by atoms with E-state index in [1.54, 1.807) is 50.2 Å². The molecule has 2 aromatic carbocycles. The number of benzene rings is 2. The Balaban J connectivity index is 3.13. The molecule has 0 saturated carbocycles. The van der Waals surface area contributed by atoms with Crippen LogP contribution >= 0.6 is 0 Å². The number of nitrogens with zero attached hydrogens (tertiary/aromatic N) is 4. The molecule has 0 N–H and O–H groups in total. The Labute approximate surface area is 153 Å². The van der Waals surface area contributed by atoms with Crippen LogP contribution in [0.25, 0.3) is 0 Å². The van der Waals surface area contributed by atoms with E-state index in [2.05, 4.69) is 20.0 Å². The number of carbonyl (C=O) groups excluding carboxylic acids is 4. The quantitative estimate of drug-likeness (QED) is 0.581. The van der Waals surface area contributed by atoms with Crippen LogP contribution in [-0.4, -0.2) is 24.3 Å². The molecule has 0 bridgehead atoms. The molecule has 8 nitrogen and oxygen atoms in total. The average Bonchev–Trinajstić information content (AvgIpc) is 2.68. The van der Waals surface area contributed by atoms with Crippen molar-refractivity contribution in [1.29, 1.82) is 0 Å². The number of isocyanates is 4. The second-order valence-corrected chi connectivity index (χ2v) is 5.41. The lowest BCUT2D eigenvalue weighted by Crippen LogP contribution is -2.23. The SMILES string of the molecule is Cc1cc(C(N=C=O)(N=C=O)c2ccccc2)c(N=C=O)c(N=C=O)c1C. The summed E-state index contributed by atoms with van der Waals surface area (Å²) < 4.78 is 0. The molecule has 0 aliphatic heterocycles. The molecule has 8 heteroatoms. The van der Waals surface area contributed by atoms with E-state index in [0.29, 0.717) is 16.7 Å². The number of aliphatic imine (C=N–C) groups is 4. The molecule has 0 unspecified atom stereocenters. The van der Waals surface area contributed by atoms with Crippen molar-refractivity contribution < 1.29 is 19.2 Å². The molecule has 0 radical (unpaired) electrons. The number of rotatable bonds is 6. The maximum absolute atomic E-state index is 11.2. The lowest BCUT2D eigenvalue weighted by molar-refractivity contribution is 0.516. The standard InChI is InChI=1S/C19H12N4O4/c1-13-8-16(18(21-10-25)17(14(13)2)20-9-24)19(22-11-26,23-12-27)15-6-4-3-5-7-15/h3-8H,1-2H3. The van der Waals surface area contributed by atoms with Crippen LogP contribution in [0.2, 0.25) is 0 Å². The predicted octanol–water partition coefficient (Wildman–Crippen LogP) is 3.11. The first-order valence-corrected chi connectivity index (χ1v) is 7.59. The normalized spacial score (nSPS) is 11.6. The average molecular weight is 360 g/mol. The van der Waals surface area contributed by atoms with Crippen LogP contribution in [0, 0.1) is 13.8 Å². The molecule has 27 heavy (non-hydrogen) atoms. The fourth-order valence-corrected chi connectivity index (χ4v) is 2.72. The minimum Gasteiger partial charge on any atom is -0.211 e. The van der Waals surface area contributed by atoms with Gasteiger partial charge in [-0.1, -0.05) is 30.3 Å². The largest absolute Gasteiger partial charge is 0.240 e. The van der Waals surface area contributed by atoms with Gasteiger partial charge in [-0.2, -0.15) is 20.0 Å². The Morgan fingerprint density at radius 1 is 0.778 bits per heavy atom. The van der Waals surface area contributed by atoms with E-state index in [-0.39, 0.29) is 16.9 Å². The van der Waals surface area contributed by atoms with Crippen LogP contribution in [0.15, 0.2) is 56.4 Å². The fourth-order valence-electron chi connectivity index (χ4n) is 2.72. The lowest BCUT2D eigenvalue weighted by atomic mass is 9.87. The molecule has 2 aromatic rings. The van der Waals surface area contributed by atoms with Crippen molar-refractivity contribution in [2.24, 2.45) is 20.0 Å². The van der Waals surface area contributed by atoms with Gasteiger partial charge in [-0.05, 0) is 31.0 Å². The van der Waals surface area contributed by atoms with E-state index in [0.717, 1.165) is 0 Å². The van der Waals surface area contributed by atoms with Crippen molar-refractivity contribution in [2.45, 2.75) is 19.5 Å². The number of hydrogen-bond donors (Lipinski definition) is 0. The summed E-state index contributed by atoms with van der Waals surface area (Å²) in [6.07, 6.45) is 5.58. The monoisotopic (exact) mass is 360 g/mol. The molecule has 0 spiro atoms. The van der Waals surface area contributed by atoms with Gasteiger partial charge in [-0.3, -0.25) is 0 Å². The highest BCUT2D eigenvalue weighted by molar-refractivity contribution is 5.78. The van der Waals surface area contributed by atoms with Crippen molar-refractivity contribution in [2.75, 3.05) is 0 Å². The second kappa shape index (κ2) is 8.37. The molecule has 0 fully saturated rings. The van der Waals surface area contributed by atoms with Crippen molar-refractivity contribution in [3.05, 3.63) is 58.7 Å². The Morgan fingerprint density at radius 3 is 1.85 bits per heavy atom. The van der Waals surface area contributed by atoms with Crippen LogP contribution in [0.5, 0.6) is 0 Å². The molecule has 0 atom stereocenters. The highest BCUT2D eigenvalue weighted by atomic mass is 16.1. The Hall–Kier alpha value is -4.04. The van der Waals surface area contributed by atoms with Crippen LogP contribution in [0.1, 0.15) is 22.3 Å². The molecule has 0 aliphatic carbocycles. The van der Waals surface area contributed by atoms with Crippen molar-refractivity contribution in [1.82, 2.24) is 0 Å². The third kappa shape index (κ3) is 3.51. The molecular weight excluding hydrogens is 348 g/mol. The van der Waals surface area contributed by atoms with Gasteiger partial charge in [0.15, 0.2) is 0 Å². The zero-order valence-corrected chi connectivity index (χ0v) is 14.4. The van der Waals surface area contributed by atoms with Gasteiger partial charge in [0.05, 0.1) is 0 Å². The highest BCUT2D eigenvalue weighted by Gasteiger charge is 2.38. The highest BCUT2D eigenvalue weighted by Crippen LogP contribution is 2.46. The van der Waals surface area contributed by atoms with Crippen molar-refractivity contribution in [3.8, 4) is 0 Å². The van der Waals surface area contributed by atoms with Crippen LogP contribution < -0.4 is 0 Å². The minimum atomic E-state index is -1.91. The smallest absolute Gasteiger partial charge is 0.211 e. The van der Waals surface area contributed by atoms with E-state index < -0.39 is 5.66 Å². The van der Waals surface area contributed by atoms with Gasteiger partial charge >= 0.3 is 0 Å². The first-order chi connectivity index (χ1) is 13.1. The zero-order chi connectivity index (χ0) is 19.9. The minimum absolute atomic E-state index is 0.0332. The van der Waals surface area contributed by atoms with Crippen molar-refractivity contribution in [3.63, 3.8) is 0 Å². The summed E-state index contributed by atoms with van der Waals surface area (Å²) in [7, 11) is 0. The fraction of sp³-hybridized carbons (Fsp3) is 0.158. The molecule has 0 amide bonds. The molecule has 132 valence electrons. The summed E-state index contributed by atoms with van der Waals surface area (Å²) in [5.41, 5.74) is -0.422. The summed E-state index contributed by atoms with van der Waals surface area (Å²) in [5.74, 6) is 0. The van der Waals surface area contributed by atoms with E-state index in [9.17, 15) is 19.2 Å². The third-order valence-electron chi connectivity index (χ3n) is 4.07. The lowest BCUT2D eigenvalue weighted by Gasteiger charge is -2.26. The molecular formula is C19H12N4O4. The van der Waals surface area contributed by atoms with E-state index in [4.69, 9.17) is 0 Å². The first kappa shape index (κ1) is 19.3. The topological polar surface area (TPSA) is 118 Å². The maximum atomic E-state index is 11.2.